The van der Waals surface area contributed by atoms with E-state index >= 15 is 0 Å². The molecule has 0 aliphatic heterocycles. The second kappa shape index (κ2) is 11.9. The highest BCUT2D eigenvalue weighted by Gasteiger charge is 2.16. The van der Waals surface area contributed by atoms with Crippen molar-refractivity contribution in [3.63, 3.8) is 0 Å². The van der Waals surface area contributed by atoms with Crippen molar-refractivity contribution in [3.8, 4) is 51.0 Å². The van der Waals surface area contributed by atoms with Crippen molar-refractivity contribution in [1.82, 2.24) is 19.5 Å². The predicted molar refractivity (Wildman–Crippen MR) is 209 cm³/mol. The minimum Gasteiger partial charge on any atom is -0.456 e. The summed E-state index contributed by atoms with van der Waals surface area (Å²) in [7, 11) is 0. The van der Waals surface area contributed by atoms with E-state index in [0.717, 1.165) is 66.5 Å². The van der Waals surface area contributed by atoms with E-state index < -0.39 is 0 Å². The van der Waals surface area contributed by atoms with E-state index in [1.165, 1.54) is 10.8 Å². The Morgan fingerprint density at radius 3 is 1.83 bits per heavy atom. The minimum absolute atomic E-state index is 0.523. The van der Waals surface area contributed by atoms with Crippen LogP contribution in [0.1, 0.15) is 0 Å². The number of furan rings is 1. The lowest BCUT2D eigenvalue weighted by Gasteiger charge is -2.11. The Morgan fingerprint density at radius 1 is 0.423 bits per heavy atom. The van der Waals surface area contributed by atoms with Gasteiger partial charge in [-0.25, -0.2) is 19.8 Å². The topological polar surface area (TPSA) is 61.1 Å². The molecule has 6 heteroatoms. The molecule has 0 unspecified atom stereocenters. The molecule has 0 saturated carbocycles. The number of fused-ring (bicyclic) bond motifs is 6. The van der Waals surface area contributed by atoms with Gasteiger partial charge in [-0.3, -0.25) is 0 Å². The summed E-state index contributed by atoms with van der Waals surface area (Å²) in [6.45, 7) is 7.51. The average Bonchev–Trinajstić information content (AvgIpc) is 3.76. The third-order valence-electron chi connectivity index (χ3n) is 9.67. The maximum atomic E-state index is 7.51. The molecule has 0 saturated heterocycles. The molecule has 6 nitrogen and oxygen atoms in total. The zero-order chi connectivity index (χ0) is 34.6. The van der Waals surface area contributed by atoms with E-state index in [1.807, 2.05) is 60.7 Å². The quantitative estimate of drug-likeness (QED) is 0.172. The number of aromatic nitrogens is 4. The Bertz CT molecular complexity index is 3020. The molecule has 7 aromatic carbocycles. The third-order valence-corrected chi connectivity index (χ3v) is 9.67. The maximum Gasteiger partial charge on any atom is 0.187 e. The van der Waals surface area contributed by atoms with Gasteiger partial charge in [0.1, 0.15) is 11.2 Å². The van der Waals surface area contributed by atoms with Crippen LogP contribution in [-0.2, 0) is 0 Å². The molecule has 3 aromatic heterocycles. The summed E-state index contributed by atoms with van der Waals surface area (Å²) in [5.74, 6) is 1.67. The lowest BCUT2D eigenvalue weighted by Crippen LogP contribution is -2.00. The smallest absolute Gasteiger partial charge is 0.187 e. The molecule has 0 fully saturated rings. The molecule has 0 spiro atoms. The molecule has 10 rings (SSSR count). The van der Waals surface area contributed by atoms with Crippen LogP contribution in [-0.4, -0.2) is 19.5 Å². The summed E-state index contributed by atoms with van der Waals surface area (Å²) in [4.78, 5) is 18.3. The van der Waals surface area contributed by atoms with E-state index in [-0.39, 0.29) is 0 Å². The zero-order valence-corrected chi connectivity index (χ0v) is 27.7. The Labute approximate surface area is 298 Å². The van der Waals surface area contributed by atoms with Crippen LogP contribution in [0.15, 0.2) is 168 Å². The molecular formula is C46H27N5O. The van der Waals surface area contributed by atoms with Gasteiger partial charge in [-0.05, 0) is 71.8 Å². The highest BCUT2D eigenvalue weighted by molar-refractivity contribution is 6.11. The summed E-state index contributed by atoms with van der Waals surface area (Å²) in [5.41, 5.74) is 10.4. The number of benzene rings is 7. The minimum atomic E-state index is 0.523. The first kappa shape index (κ1) is 29.5. The van der Waals surface area contributed by atoms with Crippen molar-refractivity contribution in [2.24, 2.45) is 0 Å². The maximum absolute atomic E-state index is 7.51. The summed E-state index contributed by atoms with van der Waals surface area (Å²) in [6.07, 6.45) is 0. The average molecular weight is 666 g/mol. The Balaban J connectivity index is 1.10. The molecular weight excluding hydrogens is 639 g/mol. The van der Waals surface area contributed by atoms with E-state index in [0.29, 0.717) is 23.2 Å². The fourth-order valence-electron chi connectivity index (χ4n) is 7.16. The zero-order valence-electron chi connectivity index (χ0n) is 27.7. The molecule has 242 valence electrons. The first-order valence-electron chi connectivity index (χ1n) is 17.1. The van der Waals surface area contributed by atoms with Crippen LogP contribution in [0.25, 0.3) is 99.6 Å². The molecule has 3 heterocycles. The molecule has 0 N–H and O–H groups in total. The SMILES string of the molecule is [C-]#[N+]c1cccc(-c2nc(-c3ccccc3)nc(-c3ccc(-n4c5ccccc5c5ccc(-c6ccc7oc8ccccc8c7c6)cc54)cc3)n2)c1. The second-order valence-electron chi connectivity index (χ2n) is 12.8. The second-order valence-corrected chi connectivity index (χ2v) is 12.8. The predicted octanol–water partition coefficient (Wildman–Crippen LogP) is 12.1. The van der Waals surface area contributed by atoms with Crippen LogP contribution in [0.3, 0.4) is 0 Å². The van der Waals surface area contributed by atoms with E-state index in [9.17, 15) is 0 Å². The summed E-state index contributed by atoms with van der Waals surface area (Å²) >= 11 is 0. The van der Waals surface area contributed by atoms with Crippen LogP contribution in [0.4, 0.5) is 5.69 Å². The van der Waals surface area contributed by atoms with Crippen molar-refractivity contribution >= 4 is 49.4 Å². The molecule has 0 aliphatic carbocycles. The van der Waals surface area contributed by atoms with Gasteiger partial charge < -0.3 is 8.98 Å². The van der Waals surface area contributed by atoms with Crippen molar-refractivity contribution in [3.05, 3.63) is 175 Å². The van der Waals surface area contributed by atoms with E-state index in [1.54, 1.807) is 6.07 Å². The molecule has 0 bridgehead atoms. The number of para-hydroxylation sites is 2. The molecule has 52 heavy (non-hydrogen) atoms. The van der Waals surface area contributed by atoms with Crippen LogP contribution in [0.2, 0.25) is 0 Å². The molecule has 0 atom stereocenters. The fourth-order valence-corrected chi connectivity index (χ4v) is 7.16. The van der Waals surface area contributed by atoms with Crippen molar-refractivity contribution < 1.29 is 4.42 Å². The lowest BCUT2D eigenvalue weighted by molar-refractivity contribution is 0.669. The fraction of sp³-hybridized carbons (Fsp3) is 0. The lowest BCUT2D eigenvalue weighted by atomic mass is 10.0. The normalized spacial score (nSPS) is 11.4. The first-order chi connectivity index (χ1) is 25.7. The van der Waals surface area contributed by atoms with Gasteiger partial charge in [0, 0.05) is 43.9 Å². The van der Waals surface area contributed by atoms with Gasteiger partial charge in [0.15, 0.2) is 23.2 Å². The van der Waals surface area contributed by atoms with Gasteiger partial charge in [0.05, 0.1) is 17.6 Å². The van der Waals surface area contributed by atoms with Gasteiger partial charge in [0.25, 0.3) is 0 Å². The number of hydrogen-bond donors (Lipinski definition) is 0. The molecule has 0 aliphatic rings. The van der Waals surface area contributed by atoms with Crippen LogP contribution in [0.5, 0.6) is 0 Å². The molecule has 0 amide bonds. The summed E-state index contributed by atoms with van der Waals surface area (Å²) < 4.78 is 8.44. The number of rotatable bonds is 5. The largest absolute Gasteiger partial charge is 0.456 e. The standard InChI is InChI=1S/C46H27N5O/c1-47-34-13-9-12-33(26-34)46-49-44(29-10-3-2-4-11-29)48-45(50-46)30-18-22-35(23-19-30)51-40-16-7-5-14-36(40)37-24-20-32(28-41(37)51)31-21-25-43-39(27-31)38-15-6-8-17-42(38)52-43/h2-28H. The van der Waals surface area contributed by atoms with Crippen molar-refractivity contribution in [1.29, 1.82) is 0 Å². The summed E-state index contributed by atoms with van der Waals surface area (Å²) in [5, 5.41) is 4.61. The monoisotopic (exact) mass is 665 g/mol. The molecule has 10 aromatic rings. The van der Waals surface area contributed by atoms with Gasteiger partial charge in [0.2, 0.25) is 0 Å². The summed E-state index contributed by atoms with van der Waals surface area (Å²) in [6, 6.07) is 55.6. The third kappa shape index (κ3) is 4.92. The number of nitrogens with zero attached hydrogens (tertiary/aromatic N) is 5. The molecule has 0 radical (unpaired) electrons. The van der Waals surface area contributed by atoms with Crippen molar-refractivity contribution in [2.45, 2.75) is 0 Å². The van der Waals surface area contributed by atoms with Crippen LogP contribution >= 0.6 is 0 Å². The first-order valence-corrected chi connectivity index (χ1v) is 17.1. The van der Waals surface area contributed by atoms with Gasteiger partial charge in [-0.1, -0.05) is 103 Å². The van der Waals surface area contributed by atoms with Crippen molar-refractivity contribution in [2.75, 3.05) is 0 Å². The van der Waals surface area contributed by atoms with Gasteiger partial charge in [-0.2, -0.15) is 0 Å². The highest BCUT2D eigenvalue weighted by atomic mass is 16.3. The number of hydrogen-bond acceptors (Lipinski definition) is 4. The van der Waals surface area contributed by atoms with Crippen LogP contribution in [0, 0.1) is 6.57 Å². The Morgan fingerprint density at radius 2 is 1.02 bits per heavy atom. The van der Waals surface area contributed by atoms with E-state index in [4.69, 9.17) is 25.9 Å². The van der Waals surface area contributed by atoms with Crippen LogP contribution < -0.4 is 0 Å². The highest BCUT2D eigenvalue weighted by Crippen LogP contribution is 2.37. The Kier molecular flexibility index (Phi) is 6.76. The van der Waals surface area contributed by atoms with Gasteiger partial charge in [-0.15, -0.1) is 0 Å². The Hall–Kier alpha value is -7.36. The van der Waals surface area contributed by atoms with Gasteiger partial charge >= 0.3 is 0 Å². The van der Waals surface area contributed by atoms with E-state index in [2.05, 4.69) is 106 Å².